The summed E-state index contributed by atoms with van der Waals surface area (Å²) in [6.45, 7) is 5.70. The average molecular weight is 522 g/mol. The minimum Gasteiger partial charge on any atom is -0.372 e. The van der Waals surface area contributed by atoms with Crippen molar-refractivity contribution in [3.05, 3.63) is 87.5 Å². The molecule has 0 amide bonds. The van der Waals surface area contributed by atoms with E-state index >= 15 is 0 Å². The van der Waals surface area contributed by atoms with E-state index in [0.29, 0.717) is 35.2 Å². The molecule has 0 saturated heterocycles. The van der Waals surface area contributed by atoms with Crippen LogP contribution < -0.4 is 5.30 Å². The van der Waals surface area contributed by atoms with Crippen molar-refractivity contribution in [1.29, 1.82) is 0 Å². The van der Waals surface area contributed by atoms with Gasteiger partial charge in [-0.05, 0) is 89.3 Å². The van der Waals surface area contributed by atoms with Gasteiger partial charge in [-0.25, -0.2) is 0 Å². The Hall–Kier alpha value is -3.01. The molecule has 188 valence electrons. The zero-order chi connectivity index (χ0) is 26.5. The molecule has 0 aromatic heterocycles. The van der Waals surface area contributed by atoms with Crippen molar-refractivity contribution in [3.8, 4) is 22.7 Å². The first-order chi connectivity index (χ1) is 16.7. The molecule has 1 heterocycles. The van der Waals surface area contributed by atoms with Gasteiger partial charge in [0.2, 0.25) is 0 Å². The molecule has 0 saturated carbocycles. The molecule has 0 N–H and O–H groups in total. The fourth-order valence-corrected chi connectivity index (χ4v) is 6.39. The number of halogens is 6. The topological polar surface area (TPSA) is 26.3 Å². The maximum absolute atomic E-state index is 14.0. The van der Waals surface area contributed by atoms with E-state index in [-0.39, 0.29) is 5.56 Å². The average Bonchev–Trinajstić information content (AvgIpc) is 3.30. The van der Waals surface area contributed by atoms with Crippen molar-refractivity contribution in [3.63, 3.8) is 0 Å². The van der Waals surface area contributed by atoms with Crippen molar-refractivity contribution >= 4 is 12.4 Å². The summed E-state index contributed by atoms with van der Waals surface area (Å²) >= 11 is 0. The van der Waals surface area contributed by atoms with Gasteiger partial charge in [0.15, 0.2) is 7.14 Å². The molecule has 3 aromatic rings. The third kappa shape index (κ3) is 4.96. The van der Waals surface area contributed by atoms with Crippen LogP contribution in [-0.2, 0) is 34.9 Å². The predicted molar refractivity (Wildman–Crippen MR) is 126 cm³/mol. The lowest BCUT2D eigenvalue weighted by atomic mass is 9.90. The Labute approximate surface area is 204 Å². The van der Waals surface area contributed by atoms with E-state index in [2.05, 4.69) is 11.6 Å². The molecule has 36 heavy (non-hydrogen) atoms. The summed E-state index contributed by atoms with van der Waals surface area (Å²) in [5, 5.41) is 0.420. The van der Waals surface area contributed by atoms with Crippen LogP contribution in [0.25, 0.3) is 11.1 Å². The number of benzene rings is 3. The van der Waals surface area contributed by atoms with E-state index in [1.807, 2.05) is 6.92 Å². The van der Waals surface area contributed by atoms with E-state index in [1.165, 1.54) is 30.9 Å². The Balaban J connectivity index is 1.86. The summed E-state index contributed by atoms with van der Waals surface area (Å²) in [7, 11) is -3.46. The molecule has 3 aromatic carbocycles. The van der Waals surface area contributed by atoms with Crippen LogP contribution in [0, 0.1) is 25.4 Å². The number of hydrogen-bond acceptors (Lipinski definition) is 2. The first kappa shape index (κ1) is 26.1. The van der Waals surface area contributed by atoms with E-state index in [0.717, 1.165) is 41.0 Å². The highest BCUT2D eigenvalue weighted by Gasteiger charge is 2.33. The molecule has 1 atom stereocenters. The van der Waals surface area contributed by atoms with Crippen LogP contribution >= 0.6 is 7.14 Å². The number of rotatable bonds is 2. The molecule has 2 nitrogen and oxygen atoms in total. The minimum atomic E-state index is -4.49. The minimum absolute atomic E-state index is 0.264. The van der Waals surface area contributed by atoms with Gasteiger partial charge in [0, 0.05) is 17.5 Å². The summed E-state index contributed by atoms with van der Waals surface area (Å²) < 4.78 is 97.6. The third-order valence-corrected chi connectivity index (χ3v) is 8.23. The van der Waals surface area contributed by atoms with Gasteiger partial charge in [-0.2, -0.15) is 26.3 Å². The summed E-state index contributed by atoms with van der Waals surface area (Å²) in [6.07, 6.45) is -8.98. The highest BCUT2D eigenvalue weighted by atomic mass is 31.2. The van der Waals surface area contributed by atoms with Gasteiger partial charge in [-0.1, -0.05) is 18.1 Å². The summed E-state index contributed by atoms with van der Waals surface area (Å²) in [6, 6.07) is 8.88. The first-order valence-corrected chi connectivity index (χ1v) is 13.0. The maximum atomic E-state index is 14.0. The summed E-state index contributed by atoms with van der Waals surface area (Å²) in [5.41, 5.74) is 5.63. The second kappa shape index (κ2) is 9.14. The molecule has 9 heteroatoms. The fourth-order valence-electron chi connectivity index (χ4n) is 4.44. The van der Waals surface area contributed by atoms with Gasteiger partial charge in [0.05, 0.1) is 24.3 Å². The SMILES string of the molecule is Cc1c2c(c(C)c(P(C)(=O)C#Cc3ccc(C(F)(F)F)cc3)c1-c1ccc(C(F)(F)F)cc1)COC2. The second-order valence-electron chi connectivity index (χ2n) is 8.73. The molecule has 0 aliphatic carbocycles. The monoisotopic (exact) mass is 522 g/mol. The molecule has 0 spiro atoms. The second-order valence-corrected chi connectivity index (χ2v) is 11.3. The zero-order valence-corrected chi connectivity index (χ0v) is 20.5. The number of fused-ring (bicyclic) bond motifs is 1. The lowest BCUT2D eigenvalue weighted by molar-refractivity contribution is -0.138. The largest absolute Gasteiger partial charge is 0.416 e. The molecule has 1 aliphatic rings. The Morgan fingerprint density at radius 2 is 1.25 bits per heavy atom. The van der Waals surface area contributed by atoms with Crippen molar-refractivity contribution in [2.45, 2.75) is 39.4 Å². The quantitative estimate of drug-likeness (QED) is 0.196. The maximum Gasteiger partial charge on any atom is 0.416 e. The van der Waals surface area contributed by atoms with Crippen molar-refractivity contribution in [2.24, 2.45) is 0 Å². The van der Waals surface area contributed by atoms with Crippen LogP contribution in [-0.4, -0.2) is 6.66 Å². The van der Waals surface area contributed by atoms with Crippen LogP contribution in [0.5, 0.6) is 0 Å². The van der Waals surface area contributed by atoms with Crippen LogP contribution in [0.4, 0.5) is 26.3 Å². The van der Waals surface area contributed by atoms with Gasteiger partial charge < -0.3 is 9.30 Å². The molecule has 0 fully saturated rings. The lowest BCUT2D eigenvalue weighted by Gasteiger charge is -2.22. The van der Waals surface area contributed by atoms with Gasteiger partial charge in [0.1, 0.15) is 0 Å². The molecule has 4 rings (SSSR count). The van der Waals surface area contributed by atoms with Crippen LogP contribution in [0.3, 0.4) is 0 Å². The number of hydrogen-bond donors (Lipinski definition) is 0. The Bertz CT molecular complexity index is 1420. The van der Waals surface area contributed by atoms with Crippen LogP contribution in [0.1, 0.15) is 38.9 Å². The lowest BCUT2D eigenvalue weighted by Crippen LogP contribution is -2.17. The Kier molecular flexibility index (Phi) is 6.61. The Morgan fingerprint density at radius 1 is 0.778 bits per heavy atom. The normalized spacial score (nSPS) is 15.1. The molecular weight excluding hydrogens is 501 g/mol. The van der Waals surface area contributed by atoms with Gasteiger partial charge in [-0.3, -0.25) is 0 Å². The predicted octanol–water partition coefficient (Wildman–Crippen LogP) is 7.67. The molecular formula is C27H21F6O2P. The van der Waals surface area contributed by atoms with Crippen molar-refractivity contribution < 1.29 is 35.6 Å². The van der Waals surface area contributed by atoms with E-state index < -0.39 is 30.6 Å². The molecule has 1 aliphatic heterocycles. The highest BCUT2D eigenvalue weighted by molar-refractivity contribution is 7.76. The van der Waals surface area contributed by atoms with Crippen LogP contribution in [0.2, 0.25) is 0 Å². The first-order valence-electron chi connectivity index (χ1n) is 10.9. The Morgan fingerprint density at radius 3 is 1.75 bits per heavy atom. The third-order valence-electron chi connectivity index (χ3n) is 6.28. The van der Waals surface area contributed by atoms with Crippen molar-refractivity contribution in [2.75, 3.05) is 6.66 Å². The highest BCUT2D eigenvalue weighted by Crippen LogP contribution is 2.47. The van der Waals surface area contributed by atoms with Gasteiger partial charge >= 0.3 is 12.4 Å². The van der Waals surface area contributed by atoms with Gasteiger partial charge in [0.25, 0.3) is 0 Å². The zero-order valence-electron chi connectivity index (χ0n) is 19.6. The molecule has 0 bridgehead atoms. The van der Waals surface area contributed by atoms with Crippen molar-refractivity contribution in [1.82, 2.24) is 0 Å². The number of alkyl halides is 6. The van der Waals surface area contributed by atoms with E-state index in [4.69, 9.17) is 4.74 Å². The molecule has 1 unspecified atom stereocenters. The summed E-state index contributed by atoms with van der Waals surface area (Å²) in [4.78, 5) is 0. The smallest absolute Gasteiger partial charge is 0.372 e. The van der Waals surface area contributed by atoms with Crippen LogP contribution in [0.15, 0.2) is 48.5 Å². The van der Waals surface area contributed by atoms with E-state index in [9.17, 15) is 30.9 Å². The number of ether oxygens (including phenoxy) is 1. The molecule has 0 radical (unpaired) electrons. The summed E-state index contributed by atoms with van der Waals surface area (Å²) in [5.74, 6) is 2.72. The van der Waals surface area contributed by atoms with E-state index in [1.54, 1.807) is 6.92 Å². The standard InChI is InChI=1S/C27H21F6O2P/c1-16-22-14-35-15-23(22)17(2)25(24(16)19-6-10-21(11-7-19)27(31,32)33)36(3,34)13-12-18-4-8-20(9-5-18)26(28,29)30/h4-11H,14-15H2,1-3H3. The van der Waals surface area contributed by atoms with Gasteiger partial charge in [-0.15, -0.1) is 0 Å². The fraction of sp³-hybridized carbons (Fsp3) is 0.259.